The van der Waals surface area contributed by atoms with Gasteiger partial charge in [0, 0.05) is 22.0 Å². The van der Waals surface area contributed by atoms with Gasteiger partial charge in [-0.2, -0.15) is 18.3 Å². The van der Waals surface area contributed by atoms with E-state index in [2.05, 4.69) is 25.5 Å². The van der Waals surface area contributed by atoms with Gasteiger partial charge < -0.3 is 5.32 Å². The SMILES string of the molecule is FC(F)(F)c1ccccc1-c1nc(Nc2ccc3[nH]ncc3c2)c2ccccc2n1. The lowest BCUT2D eigenvalue weighted by Crippen LogP contribution is -2.08. The standard InChI is InChI=1S/C22H14F3N5/c23-22(24,25)17-7-3-1-5-15(17)20-28-19-8-4-2-6-16(19)21(29-20)27-14-9-10-18-13(11-14)12-26-30-18/h1-12H,(H,26,30)(H,27,28,29). The van der Waals surface area contributed by atoms with Crippen LogP contribution in [-0.4, -0.2) is 20.2 Å². The monoisotopic (exact) mass is 405 g/mol. The van der Waals surface area contributed by atoms with Gasteiger partial charge in [-0.25, -0.2) is 9.97 Å². The molecule has 8 heteroatoms. The number of benzene rings is 3. The Morgan fingerprint density at radius 3 is 2.53 bits per heavy atom. The molecule has 0 saturated heterocycles. The van der Waals surface area contributed by atoms with E-state index in [9.17, 15) is 13.2 Å². The number of para-hydroxylation sites is 1. The van der Waals surface area contributed by atoms with Crippen molar-refractivity contribution in [3.05, 3.63) is 78.5 Å². The second-order valence-corrected chi connectivity index (χ2v) is 6.75. The van der Waals surface area contributed by atoms with Gasteiger partial charge in [0.25, 0.3) is 0 Å². The quantitative estimate of drug-likeness (QED) is 0.390. The minimum atomic E-state index is -4.51. The lowest BCUT2D eigenvalue weighted by molar-refractivity contribution is -0.137. The summed E-state index contributed by atoms with van der Waals surface area (Å²) < 4.78 is 40.6. The predicted octanol–water partition coefficient (Wildman–Crippen LogP) is 5.94. The first-order valence-corrected chi connectivity index (χ1v) is 9.12. The largest absolute Gasteiger partial charge is 0.417 e. The molecule has 2 aromatic heterocycles. The Morgan fingerprint density at radius 2 is 1.67 bits per heavy atom. The summed E-state index contributed by atoms with van der Waals surface area (Å²) in [6, 6.07) is 18.1. The maximum atomic E-state index is 13.5. The van der Waals surface area contributed by atoms with E-state index in [1.807, 2.05) is 30.3 Å². The van der Waals surface area contributed by atoms with Crippen molar-refractivity contribution in [3.63, 3.8) is 0 Å². The number of anilines is 2. The summed E-state index contributed by atoms with van der Waals surface area (Å²) in [6.07, 6.45) is -2.81. The van der Waals surface area contributed by atoms with Gasteiger partial charge in [-0.05, 0) is 36.4 Å². The van der Waals surface area contributed by atoms with Crippen LogP contribution in [0.1, 0.15) is 5.56 Å². The smallest absolute Gasteiger partial charge is 0.340 e. The molecule has 148 valence electrons. The van der Waals surface area contributed by atoms with Crippen LogP contribution in [0.5, 0.6) is 0 Å². The van der Waals surface area contributed by atoms with Crippen molar-refractivity contribution in [2.24, 2.45) is 0 Å². The fourth-order valence-corrected chi connectivity index (χ4v) is 3.37. The van der Waals surface area contributed by atoms with E-state index in [4.69, 9.17) is 0 Å². The van der Waals surface area contributed by atoms with E-state index in [0.717, 1.165) is 22.7 Å². The zero-order chi connectivity index (χ0) is 20.7. The molecule has 0 aliphatic heterocycles. The molecule has 3 aromatic carbocycles. The maximum absolute atomic E-state index is 13.5. The van der Waals surface area contributed by atoms with Crippen LogP contribution in [0.2, 0.25) is 0 Å². The van der Waals surface area contributed by atoms with Crippen LogP contribution in [0, 0.1) is 0 Å². The molecule has 0 atom stereocenters. The molecule has 0 fully saturated rings. The van der Waals surface area contributed by atoms with E-state index in [0.29, 0.717) is 16.7 Å². The summed E-state index contributed by atoms with van der Waals surface area (Å²) in [5.41, 5.74) is 1.33. The van der Waals surface area contributed by atoms with Gasteiger partial charge in [0.05, 0.1) is 22.8 Å². The Hall–Kier alpha value is -3.94. The Labute approximate surface area is 168 Å². The second-order valence-electron chi connectivity index (χ2n) is 6.75. The Kier molecular flexibility index (Phi) is 4.13. The van der Waals surface area contributed by atoms with Crippen LogP contribution in [0.3, 0.4) is 0 Å². The number of H-pyrrole nitrogens is 1. The molecule has 0 unspecified atom stereocenters. The molecular weight excluding hydrogens is 391 g/mol. The number of aromatic nitrogens is 4. The number of rotatable bonds is 3. The molecule has 0 bridgehead atoms. The Bertz CT molecular complexity index is 1370. The van der Waals surface area contributed by atoms with Crippen molar-refractivity contribution in [1.29, 1.82) is 0 Å². The zero-order valence-corrected chi connectivity index (χ0v) is 15.4. The summed E-state index contributed by atoms with van der Waals surface area (Å²) in [4.78, 5) is 8.86. The summed E-state index contributed by atoms with van der Waals surface area (Å²) in [5.74, 6) is 0.434. The van der Waals surface area contributed by atoms with Gasteiger partial charge in [-0.15, -0.1) is 0 Å². The number of hydrogen-bond donors (Lipinski definition) is 2. The second kappa shape index (κ2) is 6.84. The Balaban J connectivity index is 1.67. The average Bonchev–Trinajstić information content (AvgIpc) is 3.21. The van der Waals surface area contributed by atoms with Crippen molar-refractivity contribution in [3.8, 4) is 11.4 Å². The molecule has 0 aliphatic carbocycles. The molecule has 5 nitrogen and oxygen atoms in total. The first-order valence-electron chi connectivity index (χ1n) is 9.12. The van der Waals surface area contributed by atoms with E-state index >= 15 is 0 Å². The van der Waals surface area contributed by atoms with Crippen molar-refractivity contribution >= 4 is 33.3 Å². The molecule has 0 aliphatic rings. The number of nitrogens with zero attached hydrogens (tertiary/aromatic N) is 3. The first-order chi connectivity index (χ1) is 14.5. The number of fused-ring (bicyclic) bond motifs is 2. The maximum Gasteiger partial charge on any atom is 0.417 e. The lowest BCUT2D eigenvalue weighted by Gasteiger charge is -2.14. The molecular formula is C22H14F3N5. The minimum absolute atomic E-state index is 0.00788. The van der Waals surface area contributed by atoms with E-state index in [1.54, 1.807) is 24.4 Å². The fraction of sp³-hybridized carbons (Fsp3) is 0.0455. The van der Waals surface area contributed by atoms with Gasteiger partial charge >= 0.3 is 6.18 Å². The first kappa shape index (κ1) is 18.1. The van der Waals surface area contributed by atoms with Crippen molar-refractivity contribution in [2.45, 2.75) is 6.18 Å². The van der Waals surface area contributed by atoms with Gasteiger partial charge in [-0.1, -0.05) is 30.3 Å². The fourth-order valence-electron chi connectivity index (χ4n) is 3.37. The molecule has 30 heavy (non-hydrogen) atoms. The third-order valence-corrected chi connectivity index (χ3v) is 4.78. The zero-order valence-electron chi connectivity index (χ0n) is 15.4. The molecule has 5 aromatic rings. The predicted molar refractivity (Wildman–Crippen MR) is 109 cm³/mol. The number of nitrogens with one attached hydrogen (secondary N) is 2. The normalized spacial score (nSPS) is 11.8. The highest BCUT2D eigenvalue weighted by molar-refractivity contribution is 5.93. The minimum Gasteiger partial charge on any atom is -0.340 e. The van der Waals surface area contributed by atoms with E-state index in [1.165, 1.54) is 12.1 Å². The summed E-state index contributed by atoms with van der Waals surface area (Å²) in [5, 5.41) is 11.7. The summed E-state index contributed by atoms with van der Waals surface area (Å²) in [7, 11) is 0. The van der Waals surface area contributed by atoms with Crippen LogP contribution in [-0.2, 0) is 6.18 Å². The van der Waals surface area contributed by atoms with Crippen LogP contribution in [0.25, 0.3) is 33.2 Å². The molecule has 0 spiro atoms. The Morgan fingerprint density at radius 1 is 0.867 bits per heavy atom. The number of alkyl halides is 3. The summed E-state index contributed by atoms with van der Waals surface area (Å²) >= 11 is 0. The number of halogens is 3. The highest BCUT2D eigenvalue weighted by Gasteiger charge is 2.34. The molecule has 0 radical (unpaired) electrons. The molecule has 2 heterocycles. The van der Waals surface area contributed by atoms with Gasteiger partial charge in [-0.3, -0.25) is 5.10 Å². The highest BCUT2D eigenvalue weighted by Crippen LogP contribution is 2.37. The highest BCUT2D eigenvalue weighted by atomic mass is 19.4. The average molecular weight is 405 g/mol. The van der Waals surface area contributed by atoms with Crippen LogP contribution in [0.15, 0.2) is 72.9 Å². The third kappa shape index (κ3) is 3.22. The number of hydrogen-bond acceptors (Lipinski definition) is 4. The van der Waals surface area contributed by atoms with Crippen molar-refractivity contribution in [2.75, 3.05) is 5.32 Å². The van der Waals surface area contributed by atoms with Crippen LogP contribution in [0.4, 0.5) is 24.7 Å². The van der Waals surface area contributed by atoms with E-state index in [-0.39, 0.29) is 11.4 Å². The summed E-state index contributed by atoms with van der Waals surface area (Å²) in [6.45, 7) is 0. The van der Waals surface area contributed by atoms with Crippen LogP contribution >= 0.6 is 0 Å². The molecule has 0 amide bonds. The van der Waals surface area contributed by atoms with Crippen molar-refractivity contribution < 1.29 is 13.2 Å². The molecule has 2 N–H and O–H groups in total. The van der Waals surface area contributed by atoms with Crippen LogP contribution < -0.4 is 5.32 Å². The molecule has 5 rings (SSSR count). The van der Waals surface area contributed by atoms with Gasteiger partial charge in [0.1, 0.15) is 5.82 Å². The van der Waals surface area contributed by atoms with Gasteiger partial charge in [0.15, 0.2) is 5.82 Å². The van der Waals surface area contributed by atoms with Crippen molar-refractivity contribution in [1.82, 2.24) is 20.2 Å². The molecule has 0 saturated carbocycles. The number of aromatic amines is 1. The lowest BCUT2D eigenvalue weighted by atomic mass is 10.1. The third-order valence-electron chi connectivity index (χ3n) is 4.78. The van der Waals surface area contributed by atoms with Gasteiger partial charge in [0.2, 0.25) is 0 Å². The van der Waals surface area contributed by atoms with E-state index < -0.39 is 11.7 Å². The topological polar surface area (TPSA) is 66.5 Å².